The lowest BCUT2D eigenvalue weighted by molar-refractivity contribution is -0.0431. The zero-order valence-electron chi connectivity index (χ0n) is 31.2. The number of aryl methyl sites for hydroxylation is 1. The fraction of sp³-hybridized carbons (Fsp3) is 0.561. The lowest BCUT2D eigenvalue weighted by atomic mass is 9.69. The van der Waals surface area contributed by atoms with Crippen LogP contribution in [0.2, 0.25) is 5.02 Å². The minimum atomic E-state index is -3.71. The Kier molecular flexibility index (Phi) is 10.9. The minimum absolute atomic E-state index is 0.103. The summed E-state index contributed by atoms with van der Waals surface area (Å²) in [5.74, 6) is 2.31. The predicted octanol–water partition coefficient (Wildman–Crippen LogP) is 9.07. The molecular weight excluding hydrogens is 694 g/mol. The molecule has 9 nitrogen and oxygen atoms in total. The van der Waals surface area contributed by atoms with Crippen molar-refractivity contribution in [2.24, 2.45) is 11.8 Å². The number of nitrogens with zero attached hydrogens (tertiary/aromatic N) is 4. The summed E-state index contributed by atoms with van der Waals surface area (Å²) in [5.41, 5.74) is 10.9. The number of hydrogen-bond acceptors (Lipinski definition) is 9. The van der Waals surface area contributed by atoms with Crippen molar-refractivity contribution in [3.63, 3.8) is 0 Å². The van der Waals surface area contributed by atoms with Crippen molar-refractivity contribution in [1.82, 2.24) is 14.9 Å². The maximum absolute atomic E-state index is 13.8. The highest BCUT2D eigenvalue weighted by molar-refractivity contribution is 7.92. The first-order chi connectivity index (χ1) is 24.9. The van der Waals surface area contributed by atoms with Gasteiger partial charge < -0.3 is 15.2 Å². The first kappa shape index (κ1) is 37.1. The van der Waals surface area contributed by atoms with Gasteiger partial charge in [-0.2, -0.15) is 4.98 Å². The summed E-state index contributed by atoms with van der Waals surface area (Å²) in [4.78, 5) is 14.1. The molecule has 3 aromatic rings. The maximum atomic E-state index is 13.8. The maximum Gasteiger partial charge on any atom is 0.236 e. The quantitative estimate of drug-likeness (QED) is 0.205. The molecule has 3 fully saturated rings. The summed E-state index contributed by atoms with van der Waals surface area (Å²) < 4.78 is 40.2. The van der Waals surface area contributed by atoms with E-state index in [1.807, 2.05) is 19.9 Å². The van der Waals surface area contributed by atoms with E-state index in [4.69, 9.17) is 26.8 Å². The molecule has 3 heterocycles. The van der Waals surface area contributed by atoms with E-state index < -0.39 is 15.1 Å². The van der Waals surface area contributed by atoms with Crippen LogP contribution < -0.4 is 15.4 Å². The highest BCUT2D eigenvalue weighted by Gasteiger charge is 2.45. The average Bonchev–Trinajstić information content (AvgIpc) is 3.06. The van der Waals surface area contributed by atoms with Gasteiger partial charge in [0.15, 0.2) is 9.84 Å². The van der Waals surface area contributed by atoms with Crippen molar-refractivity contribution >= 4 is 50.2 Å². The summed E-state index contributed by atoms with van der Waals surface area (Å²) in [6.07, 6.45) is 14.9. The second-order valence-corrected chi connectivity index (χ2v) is 18.6. The molecule has 2 aliphatic heterocycles. The molecule has 1 saturated heterocycles. The Balaban J connectivity index is 1.39. The first-order valence-corrected chi connectivity index (χ1v) is 21.1. The van der Waals surface area contributed by atoms with Crippen molar-refractivity contribution in [2.45, 2.75) is 127 Å². The van der Waals surface area contributed by atoms with Gasteiger partial charge in [0, 0.05) is 31.3 Å². The van der Waals surface area contributed by atoms with Crippen LogP contribution in [0, 0.1) is 18.8 Å². The molecule has 0 unspecified atom stereocenters. The van der Waals surface area contributed by atoms with Gasteiger partial charge in [0.05, 0.1) is 33.8 Å². The molecule has 11 heteroatoms. The van der Waals surface area contributed by atoms with E-state index in [1.165, 1.54) is 55.9 Å². The van der Waals surface area contributed by atoms with E-state index in [2.05, 4.69) is 40.0 Å². The Labute approximate surface area is 314 Å². The standard InChI is InChI=1S/C41H54ClN5O4S/c1-25(2)51-38-23-32(30-21-35(28-10-8-11-28)46(31-16-18-50-19-17-31)36(22-30)29-12-9-13-29)27(5)20-37(38)47(41-44-24-33(42)40(43)45-41)34-14-6-7-15-39(34)52(48,49)26(3)4/h6-7,14-15,20-21,23-26,28-29,31,35-36H,8-13,16-19,22H2,1-5H3,(H2,43,44,45)/t35-,36-/m0/s1. The largest absolute Gasteiger partial charge is 0.489 e. The summed E-state index contributed by atoms with van der Waals surface area (Å²) in [5, 5.41) is -0.425. The van der Waals surface area contributed by atoms with Gasteiger partial charge >= 0.3 is 0 Å². The minimum Gasteiger partial charge on any atom is -0.489 e. The average molecular weight is 748 g/mol. The number of para-hydroxylation sites is 1. The van der Waals surface area contributed by atoms with Gasteiger partial charge in [-0.15, -0.1) is 0 Å². The SMILES string of the molecule is Cc1cc(N(c2ncc(Cl)c(N)n2)c2ccccc2S(=O)(=O)C(C)C)c(OC(C)C)cc1C1=C[C@@H](C2CCC2)N(C2CCOCC2)[C@H](C2CCC2)C1. The van der Waals surface area contributed by atoms with Gasteiger partial charge in [0.25, 0.3) is 0 Å². The van der Waals surface area contributed by atoms with Crippen LogP contribution in [0.25, 0.3) is 5.57 Å². The molecule has 0 bridgehead atoms. The summed E-state index contributed by atoms with van der Waals surface area (Å²) in [6, 6.07) is 12.7. The molecule has 2 atom stereocenters. The molecule has 7 rings (SSSR count). The predicted molar refractivity (Wildman–Crippen MR) is 209 cm³/mol. The number of aromatic nitrogens is 2. The molecule has 0 radical (unpaired) electrons. The molecule has 52 heavy (non-hydrogen) atoms. The number of anilines is 4. The molecule has 0 spiro atoms. The van der Waals surface area contributed by atoms with E-state index in [9.17, 15) is 8.42 Å². The Morgan fingerprint density at radius 1 is 0.981 bits per heavy atom. The van der Waals surface area contributed by atoms with Crippen molar-refractivity contribution in [3.8, 4) is 5.75 Å². The van der Waals surface area contributed by atoms with Crippen molar-refractivity contribution in [1.29, 1.82) is 0 Å². The third kappa shape index (κ3) is 7.20. The monoisotopic (exact) mass is 747 g/mol. The van der Waals surface area contributed by atoms with E-state index in [1.54, 1.807) is 36.9 Å². The highest BCUT2D eigenvalue weighted by atomic mass is 35.5. The molecule has 280 valence electrons. The third-order valence-corrected chi connectivity index (χ3v) is 14.2. The van der Waals surface area contributed by atoms with Gasteiger partial charge in [0.2, 0.25) is 5.95 Å². The van der Waals surface area contributed by atoms with Crippen LogP contribution in [0.5, 0.6) is 5.75 Å². The smallest absolute Gasteiger partial charge is 0.236 e. The van der Waals surface area contributed by atoms with Gasteiger partial charge in [-0.1, -0.05) is 42.7 Å². The lowest BCUT2D eigenvalue weighted by Crippen LogP contribution is -2.58. The van der Waals surface area contributed by atoms with Crippen molar-refractivity contribution in [3.05, 3.63) is 64.8 Å². The Hall–Kier alpha value is -3.18. The molecule has 0 amide bonds. The molecular formula is C41H54ClN5O4S. The number of rotatable bonds is 11. The fourth-order valence-electron chi connectivity index (χ4n) is 8.51. The molecule has 2 N–H and O–H groups in total. The fourth-order valence-corrected chi connectivity index (χ4v) is 9.82. The summed E-state index contributed by atoms with van der Waals surface area (Å²) in [6.45, 7) is 11.2. The van der Waals surface area contributed by atoms with Crippen LogP contribution in [0.1, 0.15) is 96.6 Å². The molecule has 2 aromatic carbocycles. The molecule has 1 aromatic heterocycles. The van der Waals surface area contributed by atoms with Crippen molar-refractivity contribution in [2.75, 3.05) is 23.8 Å². The van der Waals surface area contributed by atoms with E-state index >= 15 is 0 Å². The lowest BCUT2D eigenvalue weighted by Gasteiger charge is -2.54. The zero-order chi connectivity index (χ0) is 36.7. The van der Waals surface area contributed by atoms with Gasteiger partial charge in [-0.25, -0.2) is 13.4 Å². The van der Waals surface area contributed by atoms with Crippen LogP contribution in [0.15, 0.2) is 53.6 Å². The first-order valence-electron chi connectivity index (χ1n) is 19.2. The Morgan fingerprint density at radius 2 is 1.67 bits per heavy atom. The van der Waals surface area contributed by atoms with Crippen LogP contribution >= 0.6 is 11.6 Å². The normalized spacial score (nSPS) is 22.3. The third-order valence-electron chi connectivity index (χ3n) is 11.7. The zero-order valence-corrected chi connectivity index (χ0v) is 32.8. The number of benzene rings is 2. The number of sulfone groups is 1. The summed E-state index contributed by atoms with van der Waals surface area (Å²) >= 11 is 6.31. The second kappa shape index (κ2) is 15.3. The highest BCUT2D eigenvalue weighted by Crippen LogP contribution is 2.49. The number of ether oxygens (including phenoxy) is 2. The van der Waals surface area contributed by atoms with E-state index in [0.29, 0.717) is 47.1 Å². The van der Waals surface area contributed by atoms with Crippen LogP contribution in [-0.2, 0) is 14.6 Å². The number of nitrogens with two attached hydrogens (primary N) is 1. The molecule has 2 saturated carbocycles. The van der Waals surface area contributed by atoms with Crippen LogP contribution in [-0.4, -0.2) is 66.0 Å². The number of halogens is 1. The van der Waals surface area contributed by atoms with E-state index in [-0.39, 0.29) is 27.8 Å². The van der Waals surface area contributed by atoms with Gasteiger partial charge in [-0.3, -0.25) is 9.80 Å². The van der Waals surface area contributed by atoms with Crippen LogP contribution in [0.4, 0.5) is 23.1 Å². The number of hydrogen-bond donors (Lipinski definition) is 1. The topological polar surface area (TPSA) is 111 Å². The molecule has 4 aliphatic rings. The van der Waals surface area contributed by atoms with Crippen LogP contribution in [0.3, 0.4) is 0 Å². The number of nitrogen functional groups attached to an aromatic ring is 1. The van der Waals surface area contributed by atoms with Crippen molar-refractivity contribution < 1.29 is 17.9 Å². The summed E-state index contributed by atoms with van der Waals surface area (Å²) in [7, 11) is -3.71. The van der Waals surface area contributed by atoms with Gasteiger partial charge in [0.1, 0.15) is 16.6 Å². The Bertz CT molecular complexity index is 1900. The second-order valence-electron chi connectivity index (χ2n) is 15.7. The Morgan fingerprint density at radius 3 is 2.29 bits per heavy atom. The van der Waals surface area contributed by atoms with E-state index in [0.717, 1.165) is 38.0 Å². The molecule has 2 aliphatic carbocycles. The van der Waals surface area contributed by atoms with Gasteiger partial charge in [-0.05, 0) is 132 Å².